The second kappa shape index (κ2) is 7.80. The van der Waals surface area contributed by atoms with Gasteiger partial charge >= 0.3 is 0 Å². The standard InChI is InChI=1S/C20H25NOS/c1-21(2)20(17-11-7-4-8-12-17)18-13-14-19(23-18)22-15-16-9-5-3-6-10-16/h3,5-7,9-11,13-14,17,20H,4,8,12,15H2,1-2H3. The molecule has 0 fully saturated rings. The Morgan fingerprint density at radius 3 is 2.70 bits per heavy atom. The molecule has 0 saturated carbocycles. The second-order valence-electron chi connectivity index (χ2n) is 6.36. The maximum absolute atomic E-state index is 5.97. The van der Waals surface area contributed by atoms with Crippen molar-refractivity contribution in [3.05, 3.63) is 65.1 Å². The van der Waals surface area contributed by atoms with Crippen LogP contribution >= 0.6 is 11.3 Å². The predicted molar refractivity (Wildman–Crippen MR) is 98.0 cm³/mol. The van der Waals surface area contributed by atoms with Gasteiger partial charge in [0.1, 0.15) is 6.61 Å². The van der Waals surface area contributed by atoms with Crippen molar-refractivity contribution >= 4 is 11.3 Å². The van der Waals surface area contributed by atoms with E-state index in [2.05, 4.69) is 67.5 Å². The molecule has 3 rings (SSSR count). The number of benzene rings is 1. The molecule has 122 valence electrons. The van der Waals surface area contributed by atoms with Crippen LogP contribution in [0.2, 0.25) is 0 Å². The van der Waals surface area contributed by atoms with Gasteiger partial charge in [-0.25, -0.2) is 0 Å². The first-order valence-electron chi connectivity index (χ1n) is 8.33. The van der Waals surface area contributed by atoms with Crippen molar-refractivity contribution in [1.29, 1.82) is 0 Å². The van der Waals surface area contributed by atoms with E-state index in [1.165, 1.54) is 29.7 Å². The van der Waals surface area contributed by atoms with Gasteiger partial charge in [-0.1, -0.05) is 42.5 Å². The van der Waals surface area contributed by atoms with E-state index < -0.39 is 0 Å². The average molecular weight is 327 g/mol. The smallest absolute Gasteiger partial charge is 0.174 e. The summed E-state index contributed by atoms with van der Waals surface area (Å²) in [4.78, 5) is 3.74. The summed E-state index contributed by atoms with van der Waals surface area (Å²) in [5.41, 5.74) is 1.21. The highest BCUT2D eigenvalue weighted by atomic mass is 32.1. The fourth-order valence-corrected chi connectivity index (χ4v) is 4.38. The van der Waals surface area contributed by atoms with Crippen molar-refractivity contribution in [2.24, 2.45) is 5.92 Å². The van der Waals surface area contributed by atoms with E-state index >= 15 is 0 Å². The van der Waals surface area contributed by atoms with Gasteiger partial charge in [-0.15, -0.1) is 11.3 Å². The van der Waals surface area contributed by atoms with Crippen molar-refractivity contribution in [2.45, 2.75) is 31.9 Å². The first kappa shape index (κ1) is 16.3. The minimum absolute atomic E-state index is 0.450. The van der Waals surface area contributed by atoms with Gasteiger partial charge in [-0.2, -0.15) is 0 Å². The highest BCUT2D eigenvalue weighted by Crippen LogP contribution is 2.39. The molecule has 0 N–H and O–H groups in total. The first-order valence-corrected chi connectivity index (χ1v) is 9.15. The third-order valence-electron chi connectivity index (χ3n) is 4.37. The summed E-state index contributed by atoms with van der Waals surface area (Å²) < 4.78 is 5.97. The maximum atomic E-state index is 5.97. The molecule has 2 unspecified atom stereocenters. The zero-order valence-corrected chi connectivity index (χ0v) is 14.8. The molecule has 1 aliphatic carbocycles. The van der Waals surface area contributed by atoms with Crippen LogP contribution in [-0.4, -0.2) is 19.0 Å². The van der Waals surface area contributed by atoms with Crippen LogP contribution in [0.25, 0.3) is 0 Å². The van der Waals surface area contributed by atoms with Crippen molar-refractivity contribution in [3.63, 3.8) is 0 Å². The van der Waals surface area contributed by atoms with Gasteiger partial charge in [0, 0.05) is 10.9 Å². The van der Waals surface area contributed by atoms with Crippen LogP contribution in [0.3, 0.4) is 0 Å². The number of ether oxygens (including phenoxy) is 1. The Labute approximate surface area is 143 Å². The minimum atomic E-state index is 0.450. The number of rotatable bonds is 6. The molecule has 0 aliphatic heterocycles. The lowest BCUT2D eigenvalue weighted by Gasteiger charge is -2.31. The quantitative estimate of drug-likeness (QED) is 0.669. The first-order chi connectivity index (χ1) is 11.2. The van der Waals surface area contributed by atoms with Gasteiger partial charge in [0.05, 0.1) is 0 Å². The van der Waals surface area contributed by atoms with Crippen LogP contribution in [0.5, 0.6) is 5.06 Å². The topological polar surface area (TPSA) is 12.5 Å². The lowest BCUT2D eigenvalue weighted by Crippen LogP contribution is -2.26. The summed E-state index contributed by atoms with van der Waals surface area (Å²) in [7, 11) is 4.36. The number of hydrogen-bond acceptors (Lipinski definition) is 3. The predicted octanol–water partition coefficient (Wildman–Crippen LogP) is 5.29. The molecule has 0 saturated heterocycles. The van der Waals surface area contributed by atoms with Crippen molar-refractivity contribution < 1.29 is 4.74 Å². The normalized spacial score (nSPS) is 19.0. The zero-order valence-electron chi connectivity index (χ0n) is 13.9. The zero-order chi connectivity index (χ0) is 16.1. The highest BCUT2D eigenvalue weighted by Gasteiger charge is 2.25. The van der Waals surface area contributed by atoms with Crippen molar-refractivity contribution in [2.75, 3.05) is 14.1 Å². The fraction of sp³-hybridized carbons (Fsp3) is 0.400. The molecule has 1 aromatic carbocycles. The van der Waals surface area contributed by atoms with Crippen LogP contribution in [0.1, 0.15) is 35.7 Å². The van der Waals surface area contributed by atoms with E-state index in [0.29, 0.717) is 18.6 Å². The molecule has 2 aromatic rings. The molecule has 2 nitrogen and oxygen atoms in total. The molecular formula is C20H25NOS. The summed E-state index contributed by atoms with van der Waals surface area (Å²) in [5, 5.41) is 1.01. The Bertz CT molecular complexity index is 632. The largest absolute Gasteiger partial charge is 0.479 e. The SMILES string of the molecule is CN(C)C(c1ccc(OCc2ccccc2)s1)C1C=CCCC1. The number of hydrogen-bond donors (Lipinski definition) is 0. The third kappa shape index (κ3) is 4.24. The van der Waals surface area contributed by atoms with Gasteiger partial charge in [-0.3, -0.25) is 0 Å². The molecule has 3 heteroatoms. The van der Waals surface area contributed by atoms with Gasteiger partial charge in [0.2, 0.25) is 0 Å². The molecular weight excluding hydrogens is 302 g/mol. The molecule has 1 aliphatic rings. The number of nitrogens with zero attached hydrogens (tertiary/aromatic N) is 1. The van der Waals surface area contributed by atoms with E-state index in [1.54, 1.807) is 11.3 Å². The molecule has 0 bridgehead atoms. The summed E-state index contributed by atoms with van der Waals surface area (Å²) in [6.07, 6.45) is 8.54. The molecule has 0 amide bonds. The minimum Gasteiger partial charge on any atom is -0.479 e. The Balaban J connectivity index is 1.68. The molecule has 1 heterocycles. The van der Waals surface area contributed by atoms with Crippen LogP contribution in [0.4, 0.5) is 0 Å². The van der Waals surface area contributed by atoms with Gasteiger partial charge in [-0.05, 0) is 57.0 Å². The Morgan fingerprint density at radius 1 is 1.17 bits per heavy atom. The maximum Gasteiger partial charge on any atom is 0.174 e. The summed E-state index contributed by atoms with van der Waals surface area (Å²) >= 11 is 1.78. The fourth-order valence-electron chi connectivity index (χ4n) is 3.25. The molecule has 1 aromatic heterocycles. The molecule has 0 radical (unpaired) electrons. The average Bonchev–Trinajstić information content (AvgIpc) is 3.03. The number of allylic oxidation sites excluding steroid dienone is 1. The van der Waals surface area contributed by atoms with Gasteiger partial charge in [0.15, 0.2) is 5.06 Å². The van der Waals surface area contributed by atoms with Crippen LogP contribution < -0.4 is 4.74 Å². The molecule has 23 heavy (non-hydrogen) atoms. The van der Waals surface area contributed by atoms with Crippen LogP contribution in [0, 0.1) is 5.92 Å². The van der Waals surface area contributed by atoms with E-state index in [9.17, 15) is 0 Å². The van der Waals surface area contributed by atoms with E-state index in [-0.39, 0.29) is 0 Å². The van der Waals surface area contributed by atoms with E-state index in [4.69, 9.17) is 4.74 Å². The Morgan fingerprint density at radius 2 is 2.00 bits per heavy atom. The third-order valence-corrected chi connectivity index (χ3v) is 5.44. The second-order valence-corrected chi connectivity index (χ2v) is 7.44. The lowest BCUT2D eigenvalue weighted by molar-refractivity contribution is 0.231. The van der Waals surface area contributed by atoms with Crippen molar-refractivity contribution in [1.82, 2.24) is 4.90 Å². The lowest BCUT2D eigenvalue weighted by atomic mass is 9.88. The molecule has 0 spiro atoms. The highest BCUT2D eigenvalue weighted by molar-refractivity contribution is 7.13. The summed E-state index contributed by atoms with van der Waals surface area (Å²) in [6.45, 7) is 0.636. The van der Waals surface area contributed by atoms with Crippen LogP contribution in [-0.2, 0) is 6.61 Å². The van der Waals surface area contributed by atoms with E-state index in [1.807, 2.05) is 6.07 Å². The summed E-state index contributed by atoms with van der Waals surface area (Å²) in [5.74, 6) is 0.611. The van der Waals surface area contributed by atoms with E-state index in [0.717, 1.165) is 5.06 Å². The molecule has 2 atom stereocenters. The Kier molecular flexibility index (Phi) is 5.52. The summed E-state index contributed by atoms with van der Waals surface area (Å²) in [6, 6.07) is 15.1. The van der Waals surface area contributed by atoms with Crippen LogP contribution in [0.15, 0.2) is 54.6 Å². The van der Waals surface area contributed by atoms with Gasteiger partial charge in [0.25, 0.3) is 0 Å². The van der Waals surface area contributed by atoms with Crippen molar-refractivity contribution in [3.8, 4) is 5.06 Å². The number of thiophene rings is 1. The monoisotopic (exact) mass is 327 g/mol. The van der Waals surface area contributed by atoms with Gasteiger partial charge < -0.3 is 9.64 Å². The Hall–Kier alpha value is -1.58.